The molecule has 152 valence electrons. The monoisotopic (exact) mass is 391 g/mol. The van der Waals surface area contributed by atoms with Crippen LogP contribution in [0.3, 0.4) is 0 Å². The van der Waals surface area contributed by atoms with Crippen molar-refractivity contribution in [1.29, 1.82) is 0 Å². The number of piperazine rings is 1. The number of nitrogens with one attached hydrogen (secondary N) is 1. The smallest absolute Gasteiger partial charge is 0.244 e. The highest BCUT2D eigenvalue weighted by molar-refractivity contribution is 5.86. The Kier molecular flexibility index (Phi) is 5.04. The molecule has 3 aromatic rings. The van der Waals surface area contributed by atoms with E-state index < -0.39 is 5.54 Å². The van der Waals surface area contributed by atoms with Gasteiger partial charge in [0.15, 0.2) is 0 Å². The molecule has 1 aliphatic heterocycles. The Bertz CT molecular complexity index is 1010. The summed E-state index contributed by atoms with van der Waals surface area (Å²) in [5.41, 5.74) is 2.71. The van der Waals surface area contributed by atoms with Crippen LogP contribution in [0.2, 0.25) is 0 Å². The summed E-state index contributed by atoms with van der Waals surface area (Å²) in [5.74, 6) is 0.856. The van der Waals surface area contributed by atoms with Crippen LogP contribution >= 0.6 is 0 Å². The zero-order valence-corrected chi connectivity index (χ0v) is 17.6. The van der Waals surface area contributed by atoms with Crippen LogP contribution in [0.15, 0.2) is 54.9 Å². The van der Waals surface area contributed by atoms with E-state index in [0.29, 0.717) is 6.54 Å². The van der Waals surface area contributed by atoms with Gasteiger partial charge in [0.05, 0.1) is 17.3 Å². The van der Waals surface area contributed by atoms with Crippen LogP contribution in [-0.2, 0) is 10.3 Å². The number of rotatable bonds is 4. The van der Waals surface area contributed by atoms with Crippen molar-refractivity contribution in [3.8, 4) is 0 Å². The predicted octanol–water partition coefficient (Wildman–Crippen LogP) is 2.81. The molecule has 6 heteroatoms. The van der Waals surface area contributed by atoms with Crippen LogP contribution < -0.4 is 10.2 Å². The first-order chi connectivity index (χ1) is 13.9. The van der Waals surface area contributed by atoms with Crippen LogP contribution in [0.4, 0.5) is 5.69 Å². The van der Waals surface area contributed by atoms with Crippen molar-refractivity contribution < 1.29 is 4.79 Å². The zero-order chi connectivity index (χ0) is 20.6. The third-order valence-corrected chi connectivity index (χ3v) is 5.75. The maximum atomic E-state index is 13.4. The van der Waals surface area contributed by atoms with Gasteiger partial charge in [-0.2, -0.15) is 0 Å². The molecule has 0 spiro atoms. The number of hydrogen-bond donors (Lipinski definition) is 1. The number of aryl methyl sites for hydroxylation is 1. The number of amides is 1. The molecule has 1 fully saturated rings. The van der Waals surface area contributed by atoms with Crippen molar-refractivity contribution in [1.82, 2.24) is 19.6 Å². The molecule has 1 aromatic carbocycles. The number of likely N-dealkylation sites (N-methyl/N-ethyl adjacent to an activating group) is 1. The minimum atomic E-state index is -0.602. The number of pyridine rings is 1. The summed E-state index contributed by atoms with van der Waals surface area (Å²) in [7, 11) is 2.07. The summed E-state index contributed by atoms with van der Waals surface area (Å²) in [5, 5.41) is 3.27. The number of carbonyl (C=O) groups excluding carboxylic acids is 1. The normalized spacial score (nSPS) is 18.2. The average Bonchev–Trinajstić information content (AvgIpc) is 3.15. The molecular weight excluding hydrogens is 362 g/mol. The molecule has 0 radical (unpaired) electrons. The summed E-state index contributed by atoms with van der Waals surface area (Å²) in [6, 6.07) is 14.0. The van der Waals surface area contributed by atoms with Crippen molar-refractivity contribution >= 4 is 17.1 Å². The van der Waals surface area contributed by atoms with Crippen LogP contribution in [-0.4, -0.2) is 52.9 Å². The molecule has 3 heterocycles. The molecule has 2 aromatic heterocycles. The molecule has 0 aliphatic carbocycles. The molecule has 1 aliphatic rings. The Morgan fingerprint density at radius 1 is 1.14 bits per heavy atom. The van der Waals surface area contributed by atoms with Gasteiger partial charge in [-0.05, 0) is 51.6 Å². The fraction of sp³-hybridized carbons (Fsp3) is 0.391. The van der Waals surface area contributed by atoms with Crippen molar-refractivity contribution in [2.24, 2.45) is 0 Å². The van der Waals surface area contributed by atoms with Gasteiger partial charge in [0, 0.05) is 31.5 Å². The third kappa shape index (κ3) is 3.72. The van der Waals surface area contributed by atoms with E-state index in [9.17, 15) is 4.79 Å². The van der Waals surface area contributed by atoms with E-state index in [1.807, 2.05) is 50.5 Å². The number of carbonyl (C=O) groups is 1. The molecule has 1 saturated heterocycles. The van der Waals surface area contributed by atoms with Crippen molar-refractivity contribution in [2.45, 2.75) is 32.4 Å². The Morgan fingerprint density at radius 3 is 2.66 bits per heavy atom. The summed E-state index contributed by atoms with van der Waals surface area (Å²) in [6.07, 6.45) is 3.88. The van der Waals surface area contributed by atoms with Crippen LogP contribution in [0, 0.1) is 6.92 Å². The standard InChI is InChI=1S/C23H29N5O/c1-17-9-8-12-28-19(17)15-24-22(28)23(2,3)25-21(29)20-16-26(4)13-14-27(20)18-10-6-5-7-11-18/h5-12,15,20H,13-14,16H2,1-4H3,(H,25,29). The van der Waals surface area contributed by atoms with E-state index in [1.165, 1.54) is 0 Å². The largest absolute Gasteiger partial charge is 0.357 e. The second kappa shape index (κ2) is 7.52. The molecule has 1 atom stereocenters. The summed E-state index contributed by atoms with van der Waals surface area (Å²) in [6.45, 7) is 8.56. The second-order valence-electron chi connectivity index (χ2n) is 8.45. The first-order valence-corrected chi connectivity index (χ1v) is 10.1. The van der Waals surface area contributed by atoms with Gasteiger partial charge >= 0.3 is 0 Å². The highest BCUT2D eigenvalue weighted by atomic mass is 16.2. The molecular formula is C23H29N5O. The van der Waals surface area contributed by atoms with Gasteiger partial charge in [-0.15, -0.1) is 0 Å². The average molecular weight is 392 g/mol. The van der Waals surface area contributed by atoms with Gasteiger partial charge in [-0.3, -0.25) is 4.79 Å². The van der Waals surface area contributed by atoms with Gasteiger partial charge in [0.2, 0.25) is 5.91 Å². The van der Waals surface area contributed by atoms with Gasteiger partial charge < -0.3 is 19.5 Å². The quantitative estimate of drug-likeness (QED) is 0.743. The number of fused-ring (bicyclic) bond motifs is 1. The zero-order valence-electron chi connectivity index (χ0n) is 17.6. The highest BCUT2D eigenvalue weighted by Gasteiger charge is 2.36. The van der Waals surface area contributed by atoms with Crippen molar-refractivity contribution in [2.75, 3.05) is 31.6 Å². The molecule has 0 saturated carbocycles. The molecule has 4 rings (SSSR count). The Labute approximate surface area is 172 Å². The third-order valence-electron chi connectivity index (χ3n) is 5.75. The van der Waals surface area contributed by atoms with Gasteiger partial charge in [-0.1, -0.05) is 24.3 Å². The lowest BCUT2D eigenvalue weighted by atomic mass is 10.0. The number of imidazole rings is 1. The maximum Gasteiger partial charge on any atom is 0.244 e. The Hall–Kier alpha value is -2.86. The topological polar surface area (TPSA) is 52.9 Å². The minimum Gasteiger partial charge on any atom is -0.357 e. The van der Waals surface area contributed by atoms with Crippen LogP contribution in [0.1, 0.15) is 25.2 Å². The lowest BCUT2D eigenvalue weighted by molar-refractivity contribution is -0.125. The van der Waals surface area contributed by atoms with E-state index in [-0.39, 0.29) is 11.9 Å². The Morgan fingerprint density at radius 2 is 1.90 bits per heavy atom. The molecule has 1 amide bonds. The molecule has 6 nitrogen and oxygen atoms in total. The predicted molar refractivity (Wildman–Crippen MR) is 116 cm³/mol. The fourth-order valence-electron chi connectivity index (χ4n) is 4.14. The number of anilines is 1. The van der Waals surface area contributed by atoms with Crippen LogP contribution in [0.5, 0.6) is 0 Å². The SMILES string of the molecule is Cc1cccn2c(C(C)(C)NC(=O)C3CN(C)CCN3c3ccccc3)ncc12. The molecule has 1 N–H and O–H groups in total. The van der Waals surface area contributed by atoms with Gasteiger partial charge in [0.1, 0.15) is 11.9 Å². The number of aromatic nitrogens is 2. The van der Waals surface area contributed by atoms with E-state index in [1.54, 1.807) is 0 Å². The van der Waals surface area contributed by atoms with Gasteiger partial charge in [-0.25, -0.2) is 4.98 Å². The number of nitrogens with zero attached hydrogens (tertiary/aromatic N) is 4. The highest BCUT2D eigenvalue weighted by Crippen LogP contribution is 2.24. The first-order valence-electron chi connectivity index (χ1n) is 10.1. The summed E-state index contributed by atoms with van der Waals surface area (Å²) in [4.78, 5) is 22.5. The van der Waals surface area contributed by atoms with Crippen LogP contribution in [0.25, 0.3) is 5.52 Å². The number of para-hydroxylation sites is 1. The molecule has 0 bridgehead atoms. The number of hydrogen-bond acceptors (Lipinski definition) is 4. The maximum absolute atomic E-state index is 13.4. The van der Waals surface area contributed by atoms with E-state index >= 15 is 0 Å². The van der Waals surface area contributed by atoms with Crippen molar-refractivity contribution in [3.63, 3.8) is 0 Å². The van der Waals surface area contributed by atoms with Crippen molar-refractivity contribution in [3.05, 3.63) is 66.2 Å². The molecule has 1 unspecified atom stereocenters. The summed E-state index contributed by atoms with van der Waals surface area (Å²) < 4.78 is 2.07. The lowest BCUT2D eigenvalue weighted by Crippen LogP contribution is -2.60. The number of benzene rings is 1. The Balaban J connectivity index is 1.61. The minimum absolute atomic E-state index is 0.0230. The molecule has 29 heavy (non-hydrogen) atoms. The second-order valence-corrected chi connectivity index (χ2v) is 8.45. The summed E-state index contributed by atoms with van der Waals surface area (Å²) >= 11 is 0. The first kappa shape index (κ1) is 19.5. The lowest BCUT2D eigenvalue weighted by Gasteiger charge is -2.41. The van der Waals surface area contributed by atoms with E-state index in [4.69, 9.17) is 0 Å². The van der Waals surface area contributed by atoms with E-state index in [2.05, 4.69) is 56.7 Å². The fourth-order valence-corrected chi connectivity index (χ4v) is 4.14. The van der Waals surface area contributed by atoms with Gasteiger partial charge in [0.25, 0.3) is 0 Å². The van der Waals surface area contributed by atoms with E-state index in [0.717, 1.165) is 35.7 Å².